The van der Waals surface area contributed by atoms with E-state index >= 15 is 0 Å². The molecule has 1 spiro atoms. The summed E-state index contributed by atoms with van der Waals surface area (Å²) in [6, 6.07) is 9.70. The molecule has 2 saturated heterocycles. The molecule has 5 heteroatoms. The van der Waals surface area contributed by atoms with Gasteiger partial charge in [0.25, 0.3) is 0 Å². The van der Waals surface area contributed by atoms with Crippen LogP contribution in [0.4, 0.5) is 0 Å². The zero-order valence-corrected chi connectivity index (χ0v) is 10.8. The highest BCUT2D eigenvalue weighted by atomic mass is 16.7. The predicted molar refractivity (Wildman–Crippen MR) is 67.6 cm³/mol. The minimum Gasteiger partial charge on any atom is -0.293 e. The summed E-state index contributed by atoms with van der Waals surface area (Å²) in [5.74, 6) is 0.0537. The monoisotopic (exact) mass is 257 g/mol. The van der Waals surface area contributed by atoms with E-state index in [1.165, 1.54) is 10.6 Å². The highest BCUT2D eigenvalue weighted by Gasteiger charge is 2.52. The van der Waals surface area contributed by atoms with Crippen LogP contribution in [0.5, 0.6) is 0 Å². The van der Waals surface area contributed by atoms with Gasteiger partial charge in [-0.15, -0.1) is 0 Å². The lowest BCUT2D eigenvalue weighted by atomic mass is 9.90. The maximum Gasteiger partial charge on any atom is 0.248 e. The molecule has 1 amide bonds. The van der Waals surface area contributed by atoms with Gasteiger partial charge in [0.2, 0.25) is 5.91 Å². The molecule has 1 aromatic carbocycles. The van der Waals surface area contributed by atoms with Gasteiger partial charge in [0.15, 0.2) is 0 Å². The molecule has 1 aromatic rings. The van der Waals surface area contributed by atoms with Crippen molar-refractivity contribution in [3.63, 3.8) is 0 Å². The van der Waals surface area contributed by atoms with Crippen LogP contribution in [0.3, 0.4) is 0 Å². The molecule has 0 unspecified atom stereocenters. The van der Waals surface area contributed by atoms with Crippen molar-refractivity contribution in [1.29, 1.82) is 5.26 Å². The van der Waals surface area contributed by atoms with Crippen LogP contribution in [0.1, 0.15) is 17.5 Å². The zero-order valence-electron chi connectivity index (χ0n) is 10.8. The van der Waals surface area contributed by atoms with Crippen LogP contribution in [0, 0.1) is 11.3 Å². The second-order valence-electron chi connectivity index (χ2n) is 5.30. The molecule has 0 aliphatic carbocycles. The smallest absolute Gasteiger partial charge is 0.248 e. The lowest BCUT2D eigenvalue weighted by Crippen LogP contribution is -2.61. The van der Waals surface area contributed by atoms with Gasteiger partial charge in [0, 0.05) is 26.7 Å². The Balaban J connectivity index is 1.57. The zero-order chi connectivity index (χ0) is 13.5. The van der Waals surface area contributed by atoms with Gasteiger partial charge in [-0.05, 0) is 17.7 Å². The average molecular weight is 257 g/mol. The van der Waals surface area contributed by atoms with Gasteiger partial charge in [-0.25, -0.2) is 5.06 Å². The van der Waals surface area contributed by atoms with Crippen molar-refractivity contribution in [2.45, 2.75) is 18.6 Å². The normalized spacial score (nSPS) is 21.5. The number of hydrogen-bond donors (Lipinski definition) is 0. The van der Waals surface area contributed by atoms with E-state index in [1.54, 1.807) is 7.05 Å². The number of nitrogens with zero attached hydrogens (tertiary/aromatic N) is 3. The third kappa shape index (κ3) is 2.21. The van der Waals surface area contributed by atoms with E-state index in [4.69, 9.17) is 10.1 Å². The third-order valence-electron chi connectivity index (χ3n) is 3.67. The molecule has 2 heterocycles. The van der Waals surface area contributed by atoms with Crippen LogP contribution >= 0.6 is 0 Å². The van der Waals surface area contributed by atoms with Gasteiger partial charge in [0.1, 0.15) is 5.60 Å². The topological polar surface area (TPSA) is 56.6 Å². The Morgan fingerprint density at radius 2 is 2.05 bits per heavy atom. The minimum atomic E-state index is -0.293. The molecule has 0 bridgehead atoms. The van der Waals surface area contributed by atoms with Crippen LogP contribution in [-0.2, 0) is 16.2 Å². The van der Waals surface area contributed by atoms with E-state index in [9.17, 15) is 4.79 Å². The Labute approximate surface area is 111 Å². The number of amides is 1. The second kappa shape index (κ2) is 4.34. The summed E-state index contributed by atoms with van der Waals surface area (Å²) in [6.07, 6.45) is 0.480. The summed E-state index contributed by atoms with van der Waals surface area (Å²) in [5.41, 5.74) is 1.56. The van der Waals surface area contributed by atoms with Crippen molar-refractivity contribution in [3.05, 3.63) is 35.4 Å². The number of hydrogen-bond acceptors (Lipinski definition) is 4. The van der Waals surface area contributed by atoms with E-state index in [2.05, 4.69) is 11.0 Å². The van der Waals surface area contributed by atoms with E-state index in [1.807, 2.05) is 24.3 Å². The Kier molecular flexibility index (Phi) is 2.77. The quantitative estimate of drug-likeness (QED) is 0.790. The number of carbonyl (C=O) groups excluding carboxylic acids is 1. The molecule has 0 saturated carbocycles. The van der Waals surface area contributed by atoms with Crippen LogP contribution in [0.25, 0.3) is 0 Å². The molecule has 3 rings (SSSR count). The van der Waals surface area contributed by atoms with Crippen LogP contribution in [0.2, 0.25) is 0 Å². The Morgan fingerprint density at radius 1 is 1.37 bits per heavy atom. The fourth-order valence-corrected chi connectivity index (χ4v) is 2.75. The van der Waals surface area contributed by atoms with Crippen molar-refractivity contribution < 1.29 is 9.63 Å². The predicted octanol–water partition coefficient (Wildman–Crippen LogP) is 0.906. The fourth-order valence-electron chi connectivity index (χ4n) is 2.75. The van der Waals surface area contributed by atoms with Crippen LogP contribution in [-0.4, -0.2) is 41.6 Å². The molecule has 0 radical (unpaired) electrons. The lowest BCUT2D eigenvalue weighted by molar-refractivity contribution is -0.227. The molecule has 2 aliphatic rings. The number of likely N-dealkylation sites (tertiary alicyclic amines) is 1. The van der Waals surface area contributed by atoms with Gasteiger partial charge in [0.05, 0.1) is 18.1 Å². The number of nitriles is 1. The van der Waals surface area contributed by atoms with Gasteiger partial charge < -0.3 is 0 Å². The molecular weight excluding hydrogens is 242 g/mol. The average Bonchev–Trinajstić information content (AvgIpc) is 2.66. The summed E-state index contributed by atoms with van der Waals surface area (Å²) >= 11 is 0. The van der Waals surface area contributed by atoms with E-state index in [0.717, 1.165) is 19.6 Å². The van der Waals surface area contributed by atoms with Gasteiger partial charge in [-0.2, -0.15) is 5.26 Å². The molecule has 0 atom stereocenters. The van der Waals surface area contributed by atoms with Crippen molar-refractivity contribution in [3.8, 4) is 6.07 Å². The summed E-state index contributed by atoms with van der Waals surface area (Å²) < 4.78 is 0. The Morgan fingerprint density at radius 3 is 2.58 bits per heavy atom. The summed E-state index contributed by atoms with van der Waals surface area (Å²) in [6.45, 7) is 2.39. The lowest BCUT2D eigenvalue weighted by Gasteiger charge is -2.45. The largest absolute Gasteiger partial charge is 0.293 e. The molecule has 98 valence electrons. The van der Waals surface area contributed by atoms with Gasteiger partial charge in [-0.1, -0.05) is 12.1 Å². The van der Waals surface area contributed by atoms with Gasteiger partial charge >= 0.3 is 0 Å². The van der Waals surface area contributed by atoms with E-state index in [0.29, 0.717) is 12.0 Å². The Bertz CT molecular complexity index is 541. The summed E-state index contributed by atoms with van der Waals surface area (Å²) in [5, 5.41) is 10.1. The first-order valence-electron chi connectivity index (χ1n) is 6.27. The molecule has 5 nitrogen and oxygen atoms in total. The van der Waals surface area contributed by atoms with Crippen molar-refractivity contribution in [2.75, 3.05) is 20.1 Å². The molecule has 2 aliphatic heterocycles. The van der Waals surface area contributed by atoms with Crippen molar-refractivity contribution >= 4 is 5.91 Å². The van der Waals surface area contributed by atoms with Crippen molar-refractivity contribution in [1.82, 2.24) is 9.96 Å². The Hall–Kier alpha value is -1.90. The number of benzene rings is 1. The first kappa shape index (κ1) is 12.2. The molecular formula is C14H15N3O2. The highest BCUT2D eigenvalue weighted by Crippen LogP contribution is 2.35. The van der Waals surface area contributed by atoms with Crippen LogP contribution < -0.4 is 0 Å². The SMILES string of the molecule is CN1OC2(CC1=O)CN(Cc1ccc(C#N)cc1)C2. The molecule has 0 aromatic heterocycles. The fraction of sp³-hybridized carbons (Fsp3) is 0.429. The first-order valence-corrected chi connectivity index (χ1v) is 6.27. The first-order chi connectivity index (χ1) is 9.10. The molecule has 2 fully saturated rings. The summed E-state index contributed by atoms with van der Waals surface area (Å²) in [7, 11) is 1.67. The number of rotatable bonds is 2. The number of hydroxylamine groups is 2. The maximum atomic E-state index is 11.5. The maximum absolute atomic E-state index is 11.5. The molecule has 19 heavy (non-hydrogen) atoms. The standard InChI is InChI=1S/C14H15N3O2/c1-16-13(18)6-14(19-16)9-17(10-14)8-12-4-2-11(7-15)3-5-12/h2-5H,6,8-10H2,1H3. The number of carbonyl (C=O) groups is 1. The van der Waals surface area contributed by atoms with E-state index in [-0.39, 0.29) is 11.5 Å². The third-order valence-corrected chi connectivity index (χ3v) is 3.67. The van der Waals surface area contributed by atoms with Gasteiger partial charge in [-0.3, -0.25) is 14.5 Å². The second-order valence-corrected chi connectivity index (χ2v) is 5.30. The van der Waals surface area contributed by atoms with Crippen LogP contribution in [0.15, 0.2) is 24.3 Å². The molecule has 0 N–H and O–H groups in total. The van der Waals surface area contributed by atoms with E-state index < -0.39 is 0 Å². The minimum absolute atomic E-state index is 0.0537. The highest BCUT2D eigenvalue weighted by molar-refractivity contribution is 5.78. The summed E-state index contributed by atoms with van der Waals surface area (Å²) in [4.78, 5) is 19.3. The van der Waals surface area contributed by atoms with Crippen molar-refractivity contribution in [2.24, 2.45) is 0 Å².